The molecule has 0 spiro atoms. The van der Waals surface area contributed by atoms with Crippen molar-refractivity contribution in [2.45, 2.75) is 33.6 Å². The smallest absolute Gasteiger partial charge is 0.113 e. The van der Waals surface area contributed by atoms with Crippen LogP contribution in [0.2, 0.25) is 0 Å². The fraction of sp³-hybridized carbons (Fsp3) is 0.357. The highest BCUT2D eigenvalue weighted by atomic mass is 15.1. The van der Waals surface area contributed by atoms with Gasteiger partial charge in [0.2, 0.25) is 0 Å². The second-order valence-corrected chi connectivity index (χ2v) is 4.32. The molecule has 0 aliphatic rings. The minimum Gasteiger partial charge on any atom is -0.302 e. The van der Waals surface area contributed by atoms with Crippen molar-refractivity contribution in [1.29, 1.82) is 5.26 Å². The number of hydrogen-bond donors (Lipinski definition) is 0. The summed E-state index contributed by atoms with van der Waals surface area (Å²) in [5, 5.41) is 9.29. The minimum absolute atomic E-state index is 0.621. The standard InChI is InChI=1S/C14H16N4/c1-4-5-14-16-6-7-18(14)13-8-10(2)17-11(3)12(13)9-15/h6-8H,4-5H2,1-3H3. The van der Waals surface area contributed by atoms with Gasteiger partial charge in [-0.25, -0.2) is 4.98 Å². The molecule has 2 aromatic rings. The molecule has 4 heteroatoms. The highest BCUT2D eigenvalue weighted by molar-refractivity contribution is 5.52. The van der Waals surface area contributed by atoms with Gasteiger partial charge in [-0.3, -0.25) is 4.98 Å². The van der Waals surface area contributed by atoms with Gasteiger partial charge in [-0.05, 0) is 26.3 Å². The molecule has 0 aliphatic carbocycles. The Bertz CT molecular complexity index is 605. The Morgan fingerprint density at radius 1 is 1.39 bits per heavy atom. The topological polar surface area (TPSA) is 54.5 Å². The monoisotopic (exact) mass is 240 g/mol. The van der Waals surface area contributed by atoms with Crippen LogP contribution in [0.25, 0.3) is 5.69 Å². The number of rotatable bonds is 3. The van der Waals surface area contributed by atoms with Gasteiger partial charge in [0.1, 0.15) is 11.9 Å². The van der Waals surface area contributed by atoms with Crippen LogP contribution in [0.4, 0.5) is 0 Å². The van der Waals surface area contributed by atoms with Crippen molar-refractivity contribution < 1.29 is 0 Å². The number of aryl methyl sites for hydroxylation is 3. The van der Waals surface area contributed by atoms with Gasteiger partial charge in [-0.2, -0.15) is 5.26 Å². The number of nitriles is 1. The Labute approximate surface area is 107 Å². The second kappa shape index (κ2) is 5.01. The van der Waals surface area contributed by atoms with Crippen LogP contribution in [-0.2, 0) is 6.42 Å². The molecule has 4 nitrogen and oxygen atoms in total. The quantitative estimate of drug-likeness (QED) is 0.828. The third-order valence-electron chi connectivity index (χ3n) is 2.87. The molecule has 2 aromatic heterocycles. The molecule has 0 amide bonds. The maximum atomic E-state index is 9.29. The van der Waals surface area contributed by atoms with Gasteiger partial charge in [0.15, 0.2) is 0 Å². The van der Waals surface area contributed by atoms with E-state index in [4.69, 9.17) is 0 Å². The highest BCUT2D eigenvalue weighted by Gasteiger charge is 2.12. The van der Waals surface area contributed by atoms with Crippen molar-refractivity contribution in [3.05, 3.63) is 41.2 Å². The molecular weight excluding hydrogens is 224 g/mol. The van der Waals surface area contributed by atoms with E-state index in [1.165, 1.54) is 0 Å². The van der Waals surface area contributed by atoms with Crippen LogP contribution < -0.4 is 0 Å². The molecule has 0 bridgehead atoms. The summed E-state index contributed by atoms with van der Waals surface area (Å²) < 4.78 is 1.99. The highest BCUT2D eigenvalue weighted by Crippen LogP contribution is 2.19. The summed E-state index contributed by atoms with van der Waals surface area (Å²) in [6, 6.07) is 4.17. The summed E-state index contributed by atoms with van der Waals surface area (Å²) in [5.74, 6) is 0.985. The number of pyridine rings is 1. The van der Waals surface area contributed by atoms with Gasteiger partial charge in [0.25, 0.3) is 0 Å². The molecule has 0 aromatic carbocycles. The minimum atomic E-state index is 0.621. The fourth-order valence-corrected chi connectivity index (χ4v) is 2.10. The fourth-order valence-electron chi connectivity index (χ4n) is 2.10. The lowest BCUT2D eigenvalue weighted by Crippen LogP contribution is -2.05. The molecule has 18 heavy (non-hydrogen) atoms. The van der Waals surface area contributed by atoms with Gasteiger partial charge in [0.05, 0.1) is 16.9 Å². The van der Waals surface area contributed by atoms with E-state index in [-0.39, 0.29) is 0 Å². The molecule has 0 unspecified atom stereocenters. The lowest BCUT2D eigenvalue weighted by Gasteiger charge is -2.11. The lowest BCUT2D eigenvalue weighted by atomic mass is 10.1. The SMILES string of the molecule is CCCc1nccn1-c1cc(C)nc(C)c1C#N. The van der Waals surface area contributed by atoms with Crippen molar-refractivity contribution >= 4 is 0 Å². The Balaban J connectivity index is 2.63. The Morgan fingerprint density at radius 3 is 2.83 bits per heavy atom. The van der Waals surface area contributed by atoms with E-state index in [9.17, 15) is 5.26 Å². The predicted molar refractivity (Wildman–Crippen MR) is 69.5 cm³/mol. The molecule has 2 rings (SSSR count). The van der Waals surface area contributed by atoms with Crippen molar-refractivity contribution in [1.82, 2.24) is 14.5 Å². The first kappa shape index (κ1) is 12.3. The van der Waals surface area contributed by atoms with Crippen LogP contribution in [-0.4, -0.2) is 14.5 Å². The number of imidazole rings is 1. The van der Waals surface area contributed by atoms with Crippen LogP contribution in [0.1, 0.15) is 36.1 Å². The normalized spacial score (nSPS) is 10.3. The molecule has 0 radical (unpaired) electrons. The van der Waals surface area contributed by atoms with Gasteiger partial charge in [-0.15, -0.1) is 0 Å². The zero-order chi connectivity index (χ0) is 13.1. The van der Waals surface area contributed by atoms with Gasteiger partial charge in [-0.1, -0.05) is 6.92 Å². The van der Waals surface area contributed by atoms with E-state index in [0.29, 0.717) is 5.56 Å². The van der Waals surface area contributed by atoms with E-state index in [1.807, 2.05) is 30.7 Å². The summed E-state index contributed by atoms with van der Waals surface area (Å²) in [6.45, 7) is 5.92. The van der Waals surface area contributed by atoms with Crippen molar-refractivity contribution in [2.24, 2.45) is 0 Å². The molecule has 0 N–H and O–H groups in total. The van der Waals surface area contributed by atoms with Crippen molar-refractivity contribution in [3.8, 4) is 11.8 Å². The summed E-state index contributed by atoms with van der Waals surface area (Å²) in [7, 11) is 0. The molecule has 0 saturated carbocycles. The van der Waals surface area contributed by atoms with Crippen LogP contribution in [0.15, 0.2) is 18.5 Å². The maximum absolute atomic E-state index is 9.29. The van der Waals surface area contributed by atoms with Crippen LogP contribution in [0.5, 0.6) is 0 Å². The van der Waals surface area contributed by atoms with Crippen molar-refractivity contribution in [3.63, 3.8) is 0 Å². The molecule has 0 fully saturated rings. The maximum Gasteiger partial charge on any atom is 0.113 e. The number of nitrogens with zero attached hydrogens (tertiary/aromatic N) is 4. The average molecular weight is 240 g/mol. The predicted octanol–water partition coefficient (Wildman–Crippen LogP) is 2.71. The summed E-state index contributed by atoms with van der Waals surface area (Å²) in [6.07, 6.45) is 5.61. The first-order valence-electron chi connectivity index (χ1n) is 6.08. The molecule has 92 valence electrons. The van der Waals surface area contributed by atoms with E-state index >= 15 is 0 Å². The number of aromatic nitrogens is 3. The van der Waals surface area contributed by atoms with E-state index in [2.05, 4.69) is 23.0 Å². The summed E-state index contributed by atoms with van der Waals surface area (Å²) >= 11 is 0. The molecule has 0 aliphatic heterocycles. The largest absolute Gasteiger partial charge is 0.302 e. The third kappa shape index (κ3) is 2.12. The zero-order valence-electron chi connectivity index (χ0n) is 10.9. The summed E-state index contributed by atoms with van der Waals surface area (Å²) in [4.78, 5) is 8.68. The van der Waals surface area contributed by atoms with Gasteiger partial charge in [0, 0.05) is 24.5 Å². The molecule has 0 atom stereocenters. The van der Waals surface area contributed by atoms with Gasteiger partial charge < -0.3 is 4.57 Å². The Kier molecular flexibility index (Phi) is 3.42. The van der Waals surface area contributed by atoms with Crippen LogP contribution in [0, 0.1) is 25.2 Å². The number of hydrogen-bond acceptors (Lipinski definition) is 3. The molecular formula is C14H16N4. The zero-order valence-corrected chi connectivity index (χ0v) is 10.9. The van der Waals surface area contributed by atoms with Gasteiger partial charge >= 0.3 is 0 Å². The van der Waals surface area contributed by atoms with E-state index in [1.54, 1.807) is 6.20 Å². The Hall–Kier alpha value is -2.15. The average Bonchev–Trinajstić information content (AvgIpc) is 2.76. The first-order valence-corrected chi connectivity index (χ1v) is 6.08. The van der Waals surface area contributed by atoms with E-state index < -0.39 is 0 Å². The first-order chi connectivity index (χ1) is 8.67. The van der Waals surface area contributed by atoms with Crippen molar-refractivity contribution in [2.75, 3.05) is 0 Å². The Morgan fingerprint density at radius 2 is 2.17 bits per heavy atom. The second-order valence-electron chi connectivity index (χ2n) is 4.32. The van der Waals surface area contributed by atoms with Crippen LogP contribution >= 0.6 is 0 Å². The van der Waals surface area contributed by atoms with E-state index in [0.717, 1.165) is 35.7 Å². The molecule has 0 saturated heterocycles. The molecule has 2 heterocycles. The lowest BCUT2D eigenvalue weighted by molar-refractivity contribution is 0.806. The third-order valence-corrected chi connectivity index (χ3v) is 2.87. The van der Waals surface area contributed by atoms with Crippen LogP contribution in [0.3, 0.4) is 0 Å². The summed E-state index contributed by atoms with van der Waals surface area (Å²) in [5.41, 5.74) is 3.18.